The van der Waals surface area contributed by atoms with E-state index in [0.717, 1.165) is 5.56 Å². The first kappa shape index (κ1) is 14.0. The van der Waals surface area contributed by atoms with Crippen molar-refractivity contribution in [2.24, 2.45) is 5.73 Å². The Morgan fingerprint density at radius 2 is 2.00 bits per heavy atom. The Kier molecular flexibility index (Phi) is 6.08. The van der Waals surface area contributed by atoms with Gasteiger partial charge in [-0.15, -0.1) is 12.4 Å². The summed E-state index contributed by atoms with van der Waals surface area (Å²) in [6.45, 7) is 2.78. The van der Waals surface area contributed by atoms with Crippen LogP contribution >= 0.6 is 12.4 Å². The molecule has 0 aliphatic heterocycles. The van der Waals surface area contributed by atoms with Crippen molar-refractivity contribution in [3.8, 4) is 11.5 Å². The molecule has 1 atom stereocenters. The lowest BCUT2D eigenvalue weighted by Gasteiger charge is -2.15. The van der Waals surface area contributed by atoms with Crippen molar-refractivity contribution in [2.75, 3.05) is 13.2 Å². The first-order chi connectivity index (χ1) is 6.69. The third-order valence-electron chi connectivity index (χ3n) is 1.95. The number of aromatic hydroxyl groups is 2. The van der Waals surface area contributed by atoms with Crippen molar-refractivity contribution in [1.29, 1.82) is 0 Å². The fourth-order valence-corrected chi connectivity index (χ4v) is 1.24. The van der Waals surface area contributed by atoms with E-state index in [9.17, 15) is 5.11 Å². The van der Waals surface area contributed by atoms with Crippen molar-refractivity contribution in [2.45, 2.75) is 13.0 Å². The van der Waals surface area contributed by atoms with E-state index in [2.05, 4.69) is 0 Å². The Hall–Kier alpha value is -0.970. The van der Waals surface area contributed by atoms with Crippen LogP contribution in [0, 0.1) is 0 Å². The van der Waals surface area contributed by atoms with Crippen molar-refractivity contribution in [1.82, 2.24) is 0 Å². The highest BCUT2D eigenvalue weighted by Gasteiger charge is 2.11. The molecule has 1 rings (SSSR count). The van der Waals surface area contributed by atoms with Gasteiger partial charge >= 0.3 is 0 Å². The van der Waals surface area contributed by atoms with Gasteiger partial charge in [0.15, 0.2) is 11.5 Å². The molecular weight excluding hydrogens is 218 g/mol. The summed E-state index contributed by atoms with van der Waals surface area (Å²) in [5.74, 6) is -0.290. The Morgan fingerprint density at radius 3 is 2.47 bits per heavy atom. The van der Waals surface area contributed by atoms with Crippen molar-refractivity contribution in [3.05, 3.63) is 23.8 Å². The number of benzene rings is 1. The van der Waals surface area contributed by atoms with Crippen LogP contribution < -0.4 is 5.73 Å². The smallest absolute Gasteiger partial charge is 0.157 e. The molecule has 0 radical (unpaired) electrons. The highest BCUT2D eigenvalue weighted by atomic mass is 35.5. The molecule has 0 aliphatic rings. The lowest BCUT2D eigenvalue weighted by Crippen LogP contribution is -2.15. The summed E-state index contributed by atoms with van der Waals surface area (Å²) in [4.78, 5) is 0. The molecule has 4 N–H and O–H groups in total. The van der Waals surface area contributed by atoms with Gasteiger partial charge in [-0.25, -0.2) is 0 Å². The van der Waals surface area contributed by atoms with Crippen LogP contribution in [0.3, 0.4) is 0 Å². The van der Waals surface area contributed by atoms with Gasteiger partial charge in [-0.05, 0) is 24.6 Å². The van der Waals surface area contributed by atoms with Crippen LogP contribution in [0.5, 0.6) is 11.5 Å². The highest BCUT2D eigenvalue weighted by molar-refractivity contribution is 5.85. The van der Waals surface area contributed by atoms with E-state index in [1.807, 2.05) is 6.92 Å². The maximum Gasteiger partial charge on any atom is 0.157 e. The highest BCUT2D eigenvalue weighted by Crippen LogP contribution is 2.28. The second-order valence-corrected chi connectivity index (χ2v) is 2.93. The zero-order valence-electron chi connectivity index (χ0n) is 8.51. The summed E-state index contributed by atoms with van der Waals surface area (Å²) in [7, 11) is 0. The first-order valence-corrected chi connectivity index (χ1v) is 4.52. The summed E-state index contributed by atoms with van der Waals surface area (Å²) in [6.07, 6.45) is -0.230. The van der Waals surface area contributed by atoms with Gasteiger partial charge in [0.25, 0.3) is 0 Å². The Morgan fingerprint density at radius 1 is 1.33 bits per heavy atom. The molecule has 15 heavy (non-hydrogen) atoms. The Balaban J connectivity index is 0.00000196. The minimum absolute atomic E-state index is 0. The molecule has 0 amide bonds. The maximum absolute atomic E-state index is 9.27. The monoisotopic (exact) mass is 233 g/mol. The fourth-order valence-electron chi connectivity index (χ4n) is 1.24. The van der Waals surface area contributed by atoms with Gasteiger partial charge in [-0.3, -0.25) is 0 Å². The third-order valence-corrected chi connectivity index (χ3v) is 1.95. The summed E-state index contributed by atoms with van der Waals surface area (Å²) in [5, 5.41) is 18.4. The van der Waals surface area contributed by atoms with Crippen LogP contribution in [0.25, 0.3) is 0 Å². The summed E-state index contributed by atoms with van der Waals surface area (Å²) in [6, 6.07) is 4.57. The largest absolute Gasteiger partial charge is 0.504 e. The minimum atomic E-state index is -0.230. The number of nitrogens with two attached hydrogens (primary N) is 1. The van der Waals surface area contributed by atoms with E-state index in [4.69, 9.17) is 15.6 Å². The molecule has 0 saturated heterocycles. The van der Waals surface area contributed by atoms with Gasteiger partial charge in [0.05, 0.1) is 6.10 Å². The van der Waals surface area contributed by atoms with Crippen LogP contribution in [0.1, 0.15) is 18.6 Å². The molecule has 86 valence electrons. The number of hydrogen-bond donors (Lipinski definition) is 3. The van der Waals surface area contributed by atoms with Crippen LogP contribution in [0.15, 0.2) is 18.2 Å². The van der Waals surface area contributed by atoms with Crippen molar-refractivity contribution >= 4 is 12.4 Å². The molecule has 0 aromatic heterocycles. The topological polar surface area (TPSA) is 75.7 Å². The molecule has 0 fully saturated rings. The maximum atomic E-state index is 9.27. The number of rotatable bonds is 4. The zero-order valence-corrected chi connectivity index (χ0v) is 9.33. The van der Waals surface area contributed by atoms with Crippen LogP contribution in [-0.4, -0.2) is 23.4 Å². The predicted molar refractivity (Wildman–Crippen MR) is 60.4 cm³/mol. The van der Waals surface area contributed by atoms with E-state index >= 15 is 0 Å². The summed E-state index contributed by atoms with van der Waals surface area (Å²) >= 11 is 0. The molecule has 0 bridgehead atoms. The molecule has 1 aromatic rings. The molecule has 5 heteroatoms. The van der Waals surface area contributed by atoms with Crippen LogP contribution in [-0.2, 0) is 4.74 Å². The van der Waals surface area contributed by atoms with Gasteiger partial charge in [-0.1, -0.05) is 6.07 Å². The van der Waals surface area contributed by atoms with Gasteiger partial charge in [0, 0.05) is 13.2 Å². The molecule has 1 unspecified atom stereocenters. The number of hydrogen-bond acceptors (Lipinski definition) is 4. The van der Waals surface area contributed by atoms with E-state index in [1.54, 1.807) is 6.07 Å². The van der Waals surface area contributed by atoms with E-state index in [0.29, 0.717) is 13.2 Å². The lowest BCUT2D eigenvalue weighted by atomic mass is 10.1. The number of ether oxygens (including phenoxy) is 1. The van der Waals surface area contributed by atoms with E-state index in [-0.39, 0.29) is 30.0 Å². The first-order valence-electron chi connectivity index (χ1n) is 4.52. The third kappa shape index (κ3) is 3.58. The van der Waals surface area contributed by atoms with Crippen LogP contribution in [0.2, 0.25) is 0 Å². The summed E-state index contributed by atoms with van der Waals surface area (Å²) in [5.41, 5.74) is 6.28. The zero-order chi connectivity index (χ0) is 10.6. The molecule has 0 saturated carbocycles. The van der Waals surface area contributed by atoms with Gasteiger partial charge in [0.1, 0.15) is 0 Å². The average Bonchev–Trinajstić information content (AvgIpc) is 2.19. The lowest BCUT2D eigenvalue weighted by molar-refractivity contribution is 0.0686. The van der Waals surface area contributed by atoms with Gasteiger partial charge in [0.2, 0.25) is 0 Å². The van der Waals surface area contributed by atoms with E-state index in [1.165, 1.54) is 12.1 Å². The number of phenols is 2. The number of halogens is 1. The van der Waals surface area contributed by atoms with Crippen molar-refractivity contribution in [3.63, 3.8) is 0 Å². The fraction of sp³-hybridized carbons (Fsp3) is 0.400. The van der Waals surface area contributed by atoms with Crippen LogP contribution in [0.4, 0.5) is 0 Å². The van der Waals surface area contributed by atoms with Gasteiger partial charge in [-0.2, -0.15) is 0 Å². The second kappa shape index (κ2) is 6.50. The molecule has 4 nitrogen and oxygen atoms in total. The van der Waals surface area contributed by atoms with Gasteiger partial charge < -0.3 is 20.7 Å². The molecule has 0 spiro atoms. The quantitative estimate of drug-likeness (QED) is 0.690. The second-order valence-electron chi connectivity index (χ2n) is 2.93. The Bertz CT molecular complexity index is 307. The normalized spacial score (nSPS) is 11.9. The molecule has 0 heterocycles. The summed E-state index contributed by atoms with van der Waals surface area (Å²) < 4.78 is 5.35. The molecular formula is C10H16ClNO3. The van der Waals surface area contributed by atoms with E-state index < -0.39 is 0 Å². The predicted octanol–water partition coefficient (Wildman–Crippen LogP) is 1.56. The molecule has 1 aromatic carbocycles. The standard InChI is InChI=1S/C10H15NO3.ClH/c1-2-14-10(6-11)7-3-4-8(12)9(13)5-7;/h3-5,10,12-13H,2,6,11H2,1H3;1H. The number of phenolic OH excluding ortho intramolecular Hbond substituents is 2. The Labute approximate surface area is 95.1 Å². The van der Waals surface area contributed by atoms with Crippen molar-refractivity contribution < 1.29 is 14.9 Å². The molecule has 0 aliphatic carbocycles. The average molecular weight is 234 g/mol. The minimum Gasteiger partial charge on any atom is -0.504 e. The SMILES string of the molecule is CCOC(CN)c1ccc(O)c(O)c1.Cl.